The van der Waals surface area contributed by atoms with Crippen LogP contribution in [0.3, 0.4) is 0 Å². The highest BCUT2D eigenvalue weighted by molar-refractivity contribution is 5.40. The predicted octanol–water partition coefficient (Wildman–Crippen LogP) is 3.53. The molecule has 0 aliphatic rings. The van der Waals surface area contributed by atoms with Crippen LogP contribution >= 0.6 is 0 Å². The van der Waals surface area contributed by atoms with E-state index in [1.165, 1.54) is 6.07 Å². The van der Waals surface area contributed by atoms with E-state index in [2.05, 4.69) is 30.2 Å². The summed E-state index contributed by atoms with van der Waals surface area (Å²) in [4.78, 5) is 6.42. The molecular formula is C17H22FN3. The van der Waals surface area contributed by atoms with Gasteiger partial charge in [0.25, 0.3) is 0 Å². The molecule has 0 aliphatic carbocycles. The Morgan fingerprint density at radius 1 is 1.24 bits per heavy atom. The number of hydrogen-bond acceptors (Lipinski definition) is 3. The van der Waals surface area contributed by atoms with E-state index >= 15 is 0 Å². The van der Waals surface area contributed by atoms with E-state index in [0.29, 0.717) is 12.1 Å². The monoisotopic (exact) mass is 287 g/mol. The summed E-state index contributed by atoms with van der Waals surface area (Å²) in [6.07, 6.45) is 1.88. The molecule has 112 valence electrons. The zero-order chi connectivity index (χ0) is 15.2. The quantitative estimate of drug-likeness (QED) is 0.881. The molecular weight excluding hydrogens is 265 g/mol. The van der Waals surface area contributed by atoms with Crippen LogP contribution in [0, 0.1) is 5.82 Å². The first kappa shape index (κ1) is 15.4. The lowest BCUT2D eigenvalue weighted by molar-refractivity contribution is 0.595. The summed E-state index contributed by atoms with van der Waals surface area (Å²) in [7, 11) is 1.92. The van der Waals surface area contributed by atoms with Crippen LogP contribution in [0.1, 0.15) is 31.0 Å². The van der Waals surface area contributed by atoms with Gasteiger partial charge in [0.15, 0.2) is 0 Å². The molecule has 21 heavy (non-hydrogen) atoms. The fourth-order valence-electron chi connectivity index (χ4n) is 2.27. The van der Waals surface area contributed by atoms with Gasteiger partial charge < -0.3 is 10.2 Å². The average molecular weight is 287 g/mol. The highest BCUT2D eigenvalue weighted by Gasteiger charge is 2.09. The van der Waals surface area contributed by atoms with E-state index in [0.717, 1.165) is 17.9 Å². The molecule has 4 heteroatoms. The zero-order valence-corrected chi connectivity index (χ0v) is 12.8. The van der Waals surface area contributed by atoms with Crippen molar-refractivity contribution < 1.29 is 4.39 Å². The molecule has 0 spiro atoms. The zero-order valence-electron chi connectivity index (χ0n) is 12.8. The van der Waals surface area contributed by atoms with Crippen molar-refractivity contribution in [2.75, 3.05) is 18.5 Å². The summed E-state index contributed by atoms with van der Waals surface area (Å²) < 4.78 is 13.7. The molecule has 0 bridgehead atoms. The van der Waals surface area contributed by atoms with Gasteiger partial charge in [-0.25, -0.2) is 9.37 Å². The number of halogens is 1. The smallest absolute Gasteiger partial charge is 0.128 e. The molecule has 2 rings (SSSR count). The van der Waals surface area contributed by atoms with Crippen molar-refractivity contribution in [3.05, 3.63) is 59.5 Å². The van der Waals surface area contributed by atoms with Gasteiger partial charge in [-0.2, -0.15) is 0 Å². The van der Waals surface area contributed by atoms with Gasteiger partial charge in [-0.3, -0.25) is 0 Å². The molecule has 0 saturated carbocycles. The van der Waals surface area contributed by atoms with Crippen LogP contribution in [0.5, 0.6) is 0 Å². The maximum Gasteiger partial charge on any atom is 0.128 e. The number of anilines is 1. The average Bonchev–Trinajstić information content (AvgIpc) is 2.50. The van der Waals surface area contributed by atoms with E-state index in [4.69, 9.17) is 0 Å². The van der Waals surface area contributed by atoms with Gasteiger partial charge in [0, 0.05) is 31.4 Å². The molecule has 1 unspecified atom stereocenters. The van der Waals surface area contributed by atoms with Gasteiger partial charge in [0.05, 0.1) is 0 Å². The van der Waals surface area contributed by atoms with Crippen molar-refractivity contribution in [1.29, 1.82) is 0 Å². The Hall–Kier alpha value is -1.94. The molecule has 1 N–H and O–H groups in total. The van der Waals surface area contributed by atoms with Crippen molar-refractivity contribution in [2.24, 2.45) is 0 Å². The van der Waals surface area contributed by atoms with Gasteiger partial charge in [-0.1, -0.05) is 31.2 Å². The van der Waals surface area contributed by atoms with Crippen LogP contribution in [0.2, 0.25) is 0 Å². The number of aromatic nitrogens is 1. The van der Waals surface area contributed by atoms with Gasteiger partial charge >= 0.3 is 0 Å². The van der Waals surface area contributed by atoms with Crippen LogP contribution in [0.4, 0.5) is 10.2 Å². The second kappa shape index (κ2) is 7.18. The van der Waals surface area contributed by atoms with E-state index in [1.807, 2.05) is 30.3 Å². The molecule has 0 radical (unpaired) electrons. The normalized spacial score (nSPS) is 12.2. The van der Waals surface area contributed by atoms with Crippen LogP contribution in [0.15, 0.2) is 42.6 Å². The van der Waals surface area contributed by atoms with Crippen molar-refractivity contribution in [3.8, 4) is 0 Å². The molecule has 1 aromatic carbocycles. The van der Waals surface area contributed by atoms with Crippen molar-refractivity contribution in [1.82, 2.24) is 10.3 Å². The van der Waals surface area contributed by atoms with Crippen LogP contribution in [-0.2, 0) is 6.54 Å². The third kappa shape index (κ3) is 4.02. The number of nitrogens with one attached hydrogen (secondary N) is 1. The minimum atomic E-state index is -0.179. The Bertz CT molecular complexity index is 569. The Balaban J connectivity index is 2.06. The number of benzene rings is 1. The Labute approximate surface area is 125 Å². The number of pyridine rings is 1. The molecule has 3 nitrogen and oxygen atoms in total. The van der Waals surface area contributed by atoms with Gasteiger partial charge in [0.1, 0.15) is 11.6 Å². The second-order valence-corrected chi connectivity index (χ2v) is 5.18. The van der Waals surface area contributed by atoms with E-state index in [-0.39, 0.29) is 11.9 Å². The second-order valence-electron chi connectivity index (χ2n) is 5.18. The van der Waals surface area contributed by atoms with Gasteiger partial charge in [0.2, 0.25) is 0 Å². The number of hydrogen-bond donors (Lipinski definition) is 1. The Morgan fingerprint density at radius 3 is 2.62 bits per heavy atom. The van der Waals surface area contributed by atoms with Crippen LogP contribution in [-0.4, -0.2) is 18.6 Å². The van der Waals surface area contributed by atoms with Gasteiger partial charge in [-0.15, -0.1) is 0 Å². The lowest BCUT2D eigenvalue weighted by Crippen LogP contribution is -2.20. The molecule has 0 amide bonds. The van der Waals surface area contributed by atoms with Crippen molar-refractivity contribution in [2.45, 2.75) is 26.4 Å². The summed E-state index contributed by atoms with van der Waals surface area (Å²) in [6, 6.07) is 11.2. The molecule has 1 aromatic heterocycles. The van der Waals surface area contributed by atoms with Gasteiger partial charge in [-0.05, 0) is 31.2 Å². The van der Waals surface area contributed by atoms with Crippen molar-refractivity contribution in [3.63, 3.8) is 0 Å². The first-order chi connectivity index (χ1) is 10.1. The fourth-order valence-corrected chi connectivity index (χ4v) is 2.27. The molecule has 1 atom stereocenters. The number of rotatable bonds is 6. The Morgan fingerprint density at radius 2 is 2.00 bits per heavy atom. The third-order valence-corrected chi connectivity index (χ3v) is 3.54. The van der Waals surface area contributed by atoms with Crippen molar-refractivity contribution >= 4 is 5.82 Å². The summed E-state index contributed by atoms with van der Waals surface area (Å²) in [5, 5.41) is 3.35. The molecule has 0 saturated heterocycles. The third-order valence-electron chi connectivity index (χ3n) is 3.54. The lowest BCUT2D eigenvalue weighted by Gasteiger charge is -2.20. The molecule has 2 aromatic rings. The summed E-state index contributed by atoms with van der Waals surface area (Å²) in [5.74, 6) is 0.660. The summed E-state index contributed by atoms with van der Waals surface area (Å²) in [5.41, 5.74) is 1.83. The minimum Gasteiger partial charge on any atom is -0.355 e. The summed E-state index contributed by atoms with van der Waals surface area (Å²) >= 11 is 0. The topological polar surface area (TPSA) is 28.2 Å². The SMILES string of the molecule is CCNC(C)c1ccc(N(C)Cc2ccccc2F)nc1. The highest BCUT2D eigenvalue weighted by Crippen LogP contribution is 2.17. The maximum atomic E-state index is 13.7. The largest absolute Gasteiger partial charge is 0.355 e. The standard InChI is InChI=1S/C17H22FN3/c1-4-19-13(2)14-9-10-17(20-11-14)21(3)12-15-7-5-6-8-16(15)18/h5-11,13,19H,4,12H2,1-3H3. The summed E-state index contributed by atoms with van der Waals surface area (Å²) in [6.45, 7) is 5.63. The van der Waals surface area contributed by atoms with E-state index in [9.17, 15) is 4.39 Å². The maximum absolute atomic E-state index is 13.7. The fraction of sp³-hybridized carbons (Fsp3) is 0.353. The molecule has 0 fully saturated rings. The highest BCUT2D eigenvalue weighted by atomic mass is 19.1. The van der Waals surface area contributed by atoms with Crippen LogP contribution in [0.25, 0.3) is 0 Å². The lowest BCUT2D eigenvalue weighted by atomic mass is 10.1. The molecule has 1 heterocycles. The number of nitrogens with zero attached hydrogens (tertiary/aromatic N) is 2. The first-order valence-corrected chi connectivity index (χ1v) is 7.25. The van der Waals surface area contributed by atoms with Crippen LogP contribution < -0.4 is 10.2 Å². The van der Waals surface area contributed by atoms with E-state index < -0.39 is 0 Å². The first-order valence-electron chi connectivity index (χ1n) is 7.25. The predicted molar refractivity (Wildman–Crippen MR) is 84.8 cm³/mol. The molecule has 0 aliphatic heterocycles. The Kier molecular flexibility index (Phi) is 5.28. The van der Waals surface area contributed by atoms with E-state index in [1.54, 1.807) is 12.1 Å². The minimum absolute atomic E-state index is 0.179.